The van der Waals surface area contributed by atoms with Gasteiger partial charge in [0.25, 0.3) is 0 Å². The molecule has 0 saturated carbocycles. The third-order valence-electron chi connectivity index (χ3n) is 4.64. The van der Waals surface area contributed by atoms with Crippen molar-refractivity contribution in [3.05, 3.63) is 0 Å². The molecule has 0 aromatic carbocycles. The lowest BCUT2D eigenvalue weighted by Crippen LogP contribution is -2.31. The highest BCUT2D eigenvalue weighted by Gasteiger charge is 2.17. The van der Waals surface area contributed by atoms with Gasteiger partial charge < -0.3 is 44.2 Å². The van der Waals surface area contributed by atoms with Gasteiger partial charge in [0, 0.05) is 39.8 Å². The van der Waals surface area contributed by atoms with Gasteiger partial charge in [-0.15, -0.1) is 0 Å². The minimum atomic E-state index is -0.769. The summed E-state index contributed by atoms with van der Waals surface area (Å²) in [5.74, 6) is -0.810. The zero-order valence-corrected chi connectivity index (χ0v) is 23.1. The van der Waals surface area contributed by atoms with E-state index in [1.54, 1.807) is 0 Å². The number of aliphatic hydroxyl groups excluding tert-OH is 1. The Hall–Kier alpha value is -1.35. The minimum Gasteiger partial charge on any atom is -0.460 e. The highest BCUT2D eigenvalue weighted by atomic mass is 79.9. The number of rotatable bonds is 25. The molecule has 212 valence electrons. The van der Waals surface area contributed by atoms with Crippen molar-refractivity contribution in [2.75, 3.05) is 78.4 Å². The number of carbonyl (C=O) groups excluding carboxylic acids is 3. The molecule has 36 heavy (non-hydrogen) atoms. The van der Waals surface area contributed by atoms with E-state index in [1.165, 1.54) is 7.11 Å². The molecular formula is C23H43BrN2O10. The van der Waals surface area contributed by atoms with E-state index in [4.69, 9.17) is 33.5 Å². The molecule has 0 aromatic rings. The predicted molar refractivity (Wildman–Crippen MR) is 135 cm³/mol. The molecule has 0 aromatic heterocycles. The first-order valence-electron chi connectivity index (χ1n) is 12.2. The molecule has 0 aliphatic heterocycles. The second kappa shape index (κ2) is 25.3. The van der Waals surface area contributed by atoms with Crippen molar-refractivity contribution in [3.8, 4) is 0 Å². The van der Waals surface area contributed by atoms with Crippen molar-refractivity contribution in [2.24, 2.45) is 0 Å². The van der Waals surface area contributed by atoms with Crippen molar-refractivity contribution in [1.29, 1.82) is 0 Å². The van der Waals surface area contributed by atoms with Crippen LogP contribution in [0.2, 0.25) is 0 Å². The van der Waals surface area contributed by atoms with Gasteiger partial charge in [-0.2, -0.15) is 0 Å². The molecule has 2 atom stereocenters. The summed E-state index contributed by atoms with van der Waals surface area (Å²) in [4.78, 5) is 34.7. The fourth-order valence-corrected chi connectivity index (χ4v) is 2.77. The average Bonchev–Trinajstić information content (AvgIpc) is 2.89. The number of alkyl halides is 1. The standard InChI is InChI=1S/C23H43BrN2O10/c1-3-19(17-27)36-23(31-2)18-35-22(30)7-6-20(28)25-8-4-10-32-12-14-34-15-13-33-11-5-9-26-21(29)16-24/h19,23,27H,3-18H2,1-2H3,(H,25,28)(H,26,29). The van der Waals surface area contributed by atoms with Crippen LogP contribution in [-0.4, -0.2) is 114 Å². The van der Waals surface area contributed by atoms with Crippen molar-refractivity contribution in [3.63, 3.8) is 0 Å². The molecule has 0 aliphatic carbocycles. The van der Waals surface area contributed by atoms with Crippen molar-refractivity contribution < 1.29 is 47.9 Å². The topological polar surface area (TPSA) is 151 Å². The third kappa shape index (κ3) is 21.9. The molecule has 0 heterocycles. The Morgan fingerprint density at radius 3 is 1.92 bits per heavy atom. The van der Waals surface area contributed by atoms with Gasteiger partial charge in [0.2, 0.25) is 11.8 Å². The Balaban J connectivity index is 3.50. The lowest BCUT2D eigenvalue weighted by atomic mass is 10.3. The van der Waals surface area contributed by atoms with Crippen LogP contribution in [-0.2, 0) is 42.8 Å². The number of carbonyl (C=O) groups is 3. The van der Waals surface area contributed by atoms with Gasteiger partial charge in [-0.05, 0) is 19.3 Å². The van der Waals surface area contributed by atoms with Crippen molar-refractivity contribution >= 4 is 33.7 Å². The number of hydrogen-bond donors (Lipinski definition) is 3. The second-order valence-corrected chi connectivity index (χ2v) is 8.14. The number of ether oxygens (including phenoxy) is 6. The second-order valence-electron chi connectivity index (χ2n) is 7.57. The Morgan fingerprint density at radius 2 is 1.42 bits per heavy atom. The van der Waals surface area contributed by atoms with E-state index in [1.807, 2.05) is 6.92 Å². The number of aliphatic hydroxyl groups is 1. The van der Waals surface area contributed by atoms with Gasteiger partial charge in [0.15, 0.2) is 6.29 Å². The Kier molecular flexibility index (Phi) is 24.4. The van der Waals surface area contributed by atoms with Crippen LogP contribution in [0, 0.1) is 0 Å². The SMILES string of the molecule is CCC(CO)OC(COC(=O)CCC(=O)NCCCOCCOCCOCCCNC(=O)CBr)OC. The van der Waals surface area contributed by atoms with Crippen LogP contribution >= 0.6 is 15.9 Å². The maximum atomic E-state index is 11.8. The van der Waals surface area contributed by atoms with E-state index in [-0.39, 0.29) is 37.9 Å². The van der Waals surface area contributed by atoms with Crippen LogP contribution in [0.3, 0.4) is 0 Å². The maximum absolute atomic E-state index is 11.8. The van der Waals surface area contributed by atoms with Gasteiger partial charge >= 0.3 is 5.97 Å². The summed E-state index contributed by atoms with van der Waals surface area (Å²) in [5, 5.41) is 14.9. The van der Waals surface area contributed by atoms with Crippen LogP contribution in [0.1, 0.15) is 39.0 Å². The molecule has 3 N–H and O–H groups in total. The molecule has 2 unspecified atom stereocenters. The van der Waals surface area contributed by atoms with Crippen LogP contribution in [0.15, 0.2) is 0 Å². The number of halogens is 1. The lowest BCUT2D eigenvalue weighted by molar-refractivity contribution is -0.194. The molecule has 0 radical (unpaired) electrons. The summed E-state index contributed by atoms with van der Waals surface area (Å²) in [6, 6.07) is 0. The predicted octanol–water partition coefficient (Wildman–Crippen LogP) is 0.527. The normalized spacial score (nSPS) is 12.7. The number of hydrogen-bond acceptors (Lipinski definition) is 10. The number of amides is 2. The summed E-state index contributed by atoms with van der Waals surface area (Å²) in [6.07, 6.45) is 0.798. The van der Waals surface area contributed by atoms with Gasteiger partial charge in [-0.3, -0.25) is 14.4 Å². The fourth-order valence-electron chi connectivity index (χ4n) is 2.58. The lowest BCUT2D eigenvalue weighted by Gasteiger charge is -2.21. The van der Waals surface area contributed by atoms with E-state index in [2.05, 4.69) is 26.6 Å². The van der Waals surface area contributed by atoms with Crippen molar-refractivity contribution in [1.82, 2.24) is 10.6 Å². The Bertz CT molecular complexity index is 567. The first-order chi connectivity index (χ1) is 17.5. The number of nitrogens with one attached hydrogen (secondary N) is 2. The van der Waals surface area contributed by atoms with Crippen LogP contribution in [0.25, 0.3) is 0 Å². The zero-order valence-electron chi connectivity index (χ0n) is 21.5. The van der Waals surface area contributed by atoms with Gasteiger partial charge in [-0.1, -0.05) is 22.9 Å². The summed E-state index contributed by atoms with van der Waals surface area (Å²) in [5.41, 5.74) is 0. The largest absolute Gasteiger partial charge is 0.460 e. The summed E-state index contributed by atoms with van der Waals surface area (Å²) >= 11 is 3.08. The molecule has 0 saturated heterocycles. The smallest absolute Gasteiger partial charge is 0.306 e. The van der Waals surface area contributed by atoms with E-state index in [0.717, 1.165) is 6.42 Å². The van der Waals surface area contributed by atoms with Gasteiger partial charge in [0.1, 0.15) is 6.61 Å². The van der Waals surface area contributed by atoms with Crippen molar-refractivity contribution in [2.45, 2.75) is 51.4 Å². The van der Waals surface area contributed by atoms with Crippen LogP contribution in [0.5, 0.6) is 0 Å². The third-order valence-corrected chi connectivity index (χ3v) is 5.15. The van der Waals surface area contributed by atoms with E-state index in [9.17, 15) is 14.4 Å². The molecule has 0 rings (SSSR count). The highest BCUT2D eigenvalue weighted by molar-refractivity contribution is 9.09. The summed E-state index contributed by atoms with van der Waals surface area (Å²) in [7, 11) is 1.42. The molecule has 0 aliphatic rings. The Labute approximate surface area is 222 Å². The fraction of sp³-hybridized carbons (Fsp3) is 0.870. The van der Waals surface area contributed by atoms with E-state index >= 15 is 0 Å². The van der Waals surface area contributed by atoms with E-state index < -0.39 is 18.4 Å². The summed E-state index contributed by atoms with van der Waals surface area (Å²) in [6.45, 7) is 5.51. The summed E-state index contributed by atoms with van der Waals surface area (Å²) < 4.78 is 31.8. The molecule has 2 amide bonds. The van der Waals surface area contributed by atoms with Crippen LogP contribution in [0.4, 0.5) is 0 Å². The Morgan fingerprint density at radius 1 is 0.861 bits per heavy atom. The molecule has 0 spiro atoms. The minimum absolute atomic E-state index is 0.0216. The first kappa shape index (κ1) is 34.6. The van der Waals surface area contributed by atoms with E-state index in [0.29, 0.717) is 70.9 Å². The highest BCUT2D eigenvalue weighted by Crippen LogP contribution is 2.05. The molecular weight excluding hydrogens is 544 g/mol. The number of methoxy groups -OCH3 is 1. The maximum Gasteiger partial charge on any atom is 0.306 e. The first-order valence-corrected chi connectivity index (χ1v) is 13.4. The molecule has 13 heteroatoms. The molecule has 0 fully saturated rings. The number of esters is 1. The monoisotopic (exact) mass is 586 g/mol. The van der Waals surface area contributed by atoms with Gasteiger partial charge in [0.05, 0.1) is 50.9 Å². The van der Waals surface area contributed by atoms with Gasteiger partial charge in [-0.25, -0.2) is 0 Å². The molecule has 12 nitrogen and oxygen atoms in total. The van der Waals surface area contributed by atoms with Crippen LogP contribution < -0.4 is 10.6 Å². The quantitative estimate of drug-likeness (QED) is 0.0597. The average molecular weight is 588 g/mol. The zero-order chi connectivity index (χ0) is 26.9. The molecule has 0 bridgehead atoms.